The van der Waals surface area contributed by atoms with Crippen LogP contribution in [0.15, 0.2) is 54.9 Å². The summed E-state index contributed by atoms with van der Waals surface area (Å²) >= 11 is 5.86. The highest BCUT2D eigenvalue weighted by Crippen LogP contribution is 2.28. The molecule has 0 spiro atoms. The smallest absolute Gasteiger partial charge is 0.406 e. The second-order valence-electron chi connectivity index (χ2n) is 5.66. The topological polar surface area (TPSA) is 85.1 Å². The molecule has 3 aromatic rings. The maximum absolute atomic E-state index is 12.2. The molecule has 10 heteroatoms. The van der Waals surface area contributed by atoms with Crippen molar-refractivity contribution in [3.8, 4) is 5.75 Å². The molecule has 1 aromatic heterocycles. The molecule has 0 aliphatic heterocycles. The molecule has 28 heavy (non-hydrogen) atoms. The first-order chi connectivity index (χ1) is 13.3. The van der Waals surface area contributed by atoms with E-state index in [2.05, 4.69) is 25.3 Å². The van der Waals surface area contributed by atoms with Gasteiger partial charge in [0, 0.05) is 17.3 Å². The summed E-state index contributed by atoms with van der Waals surface area (Å²) in [5.41, 5.74) is 7.83. The predicted octanol–water partition coefficient (Wildman–Crippen LogP) is 4.97. The van der Waals surface area contributed by atoms with Gasteiger partial charge in [-0.3, -0.25) is 0 Å². The van der Waals surface area contributed by atoms with Gasteiger partial charge in [-0.25, -0.2) is 9.97 Å². The number of ether oxygens (including phenoxy) is 1. The van der Waals surface area contributed by atoms with Crippen LogP contribution < -0.4 is 21.1 Å². The molecule has 0 unspecified atom stereocenters. The van der Waals surface area contributed by atoms with E-state index in [0.717, 1.165) is 5.56 Å². The lowest BCUT2D eigenvalue weighted by Crippen LogP contribution is -2.17. The molecule has 6 nitrogen and oxygen atoms in total. The molecule has 4 N–H and O–H groups in total. The first-order valence-corrected chi connectivity index (χ1v) is 8.39. The lowest BCUT2D eigenvalue weighted by molar-refractivity contribution is -0.274. The van der Waals surface area contributed by atoms with Crippen molar-refractivity contribution in [3.05, 3.63) is 65.4 Å². The molecular weight excluding hydrogens is 395 g/mol. The van der Waals surface area contributed by atoms with Gasteiger partial charge in [0.25, 0.3) is 0 Å². The number of nitrogen functional groups attached to an aromatic ring is 1. The maximum Gasteiger partial charge on any atom is 0.573 e. The Morgan fingerprint density at radius 1 is 0.964 bits per heavy atom. The number of halogens is 4. The first kappa shape index (κ1) is 19.6. The Balaban J connectivity index is 1.67. The Bertz CT molecular complexity index is 933. The number of hydrogen-bond donors (Lipinski definition) is 3. The van der Waals surface area contributed by atoms with Crippen LogP contribution in [0, 0.1) is 0 Å². The largest absolute Gasteiger partial charge is 0.573 e. The zero-order valence-corrected chi connectivity index (χ0v) is 15.1. The van der Waals surface area contributed by atoms with Crippen molar-refractivity contribution in [2.75, 3.05) is 16.4 Å². The van der Waals surface area contributed by atoms with E-state index in [1.165, 1.54) is 30.6 Å². The van der Waals surface area contributed by atoms with Crippen LogP contribution in [-0.2, 0) is 6.54 Å². The van der Waals surface area contributed by atoms with Crippen molar-refractivity contribution in [3.63, 3.8) is 0 Å². The van der Waals surface area contributed by atoms with E-state index in [1.807, 2.05) is 12.1 Å². The highest BCUT2D eigenvalue weighted by atomic mass is 35.5. The average Bonchev–Trinajstić information content (AvgIpc) is 2.64. The summed E-state index contributed by atoms with van der Waals surface area (Å²) in [6.45, 7) is 0.474. The van der Waals surface area contributed by atoms with Gasteiger partial charge in [-0.1, -0.05) is 23.7 Å². The fourth-order valence-electron chi connectivity index (χ4n) is 2.30. The van der Waals surface area contributed by atoms with Crippen molar-refractivity contribution in [1.29, 1.82) is 0 Å². The van der Waals surface area contributed by atoms with Crippen molar-refractivity contribution in [2.24, 2.45) is 0 Å². The quantitative estimate of drug-likeness (QED) is 0.533. The maximum atomic E-state index is 12.2. The van der Waals surface area contributed by atoms with Gasteiger partial charge in [-0.05, 0) is 42.0 Å². The number of nitrogens with one attached hydrogen (secondary N) is 2. The Morgan fingerprint density at radius 2 is 1.61 bits per heavy atom. The third-order valence-electron chi connectivity index (χ3n) is 3.61. The first-order valence-electron chi connectivity index (χ1n) is 8.02. The van der Waals surface area contributed by atoms with Crippen LogP contribution in [0.3, 0.4) is 0 Å². The van der Waals surface area contributed by atoms with Gasteiger partial charge in [-0.2, -0.15) is 0 Å². The van der Waals surface area contributed by atoms with Gasteiger partial charge >= 0.3 is 6.36 Å². The van der Waals surface area contributed by atoms with Crippen molar-refractivity contribution in [1.82, 2.24) is 9.97 Å². The van der Waals surface area contributed by atoms with E-state index in [0.29, 0.717) is 28.9 Å². The molecule has 0 saturated heterocycles. The van der Waals surface area contributed by atoms with Gasteiger partial charge < -0.3 is 21.1 Å². The van der Waals surface area contributed by atoms with Crippen molar-refractivity contribution < 1.29 is 17.9 Å². The fraction of sp³-hybridized carbons (Fsp3) is 0.111. The third-order valence-corrected chi connectivity index (χ3v) is 3.86. The highest BCUT2D eigenvalue weighted by Gasteiger charge is 2.30. The molecule has 0 radical (unpaired) electrons. The average molecular weight is 410 g/mol. The summed E-state index contributed by atoms with van der Waals surface area (Å²) in [6, 6.07) is 12.5. The highest BCUT2D eigenvalue weighted by molar-refractivity contribution is 6.30. The van der Waals surface area contributed by atoms with Crippen LogP contribution in [0.5, 0.6) is 5.75 Å². The van der Waals surface area contributed by atoms with E-state index in [9.17, 15) is 13.2 Å². The van der Waals surface area contributed by atoms with Crippen molar-refractivity contribution >= 4 is 34.6 Å². The molecule has 2 aromatic carbocycles. The van der Waals surface area contributed by atoms with Gasteiger partial charge in [0.1, 0.15) is 17.8 Å². The van der Waals surface area contributed by atoms with Crippen LogP contribution >= 0.6 is 11.6 Å². The van der Waals surface area contributed by atoms with E-state index < -0.39 is 6.36 Å². The molecule has 146 valence electrons. The Kier molecular flexibility index (Phi) is 5.74. The molecule has 1 heterocycles. The van der Waals surface area contributed by atoms with Crippen LogP contribution in [0.1, 0.15) is 5.56 Å². The zero-order chi connectivity index (χ0) is 20.1. The summed E-state index contributed by atoms with van der Waals surface area (Å²) in [6.07, 6.45) is -3.42. The summed E-state index contributed by atoms with van der Waals surface area (Å²) in [4.78, 5) is 8.18. The number of alkyl halides is 3. The second kappa shape index (κ2) is 8.22. The van der Waals surface area contributed by atoms with Gasteiger partial charge in [0.2, 0.25) is 0 Å². The van der Waals surface area contributed by atoms with Gasteiger partial charge in [-0.15, -0.1) is 13.2 Å². The standard InChI is InChI=1S/C18H15ClF3N5O/c19-12-3-1-11(2-4-12)9-24-16-15(23)17(26-10-25-16)27-13-5-7-14(8-6-13)28-18(20,21)22/h1-8,10H,9,23H2,(H2,24,25,26,27). The minimum atomic E-state index is -4.74. The molecule has 0 saturated carbocycles. The van der Waals surface area contributed by atoms with Crippen LogP contribution in [0.25, 0.3) is 0 Å². The molecular formula is C18H15ClF3N5O. The van der Waals surface area contributed by atoms with Gasteiger partial charge in [0.15, 0.2) is 11.6 Å². The number of nitrogens with zero attached hydrogens (tertiary/aromatic N) is 2. The Labute approximate surface area is 163 Å². The minimum Gasteiger partial charge on any atom is -0.406 e. The number of rotatable bonds is 6. The number of nitrogens with two attached hydrogens (primary N) is 1. The van der Waals surface area contributed by atoms with E-state index >= 15 is 0 Å². The van der Waals surface area contributed by atoms with Gasteiger partial charge in [0.05, 0.1) is 0 Å². The number of hydrogen-bond acceptors (Lipinski definition) is 6. The molecule has 0 fully saturated rings. The van der Waals surface area contributed by atoms with E-state index in [-0.39, 0.29) is 11.4 Å². The van der Waals surface area contributed by atoms with Crippen LogP contribution in [0.4, 0.5) is 36.2 Å². The Morgan fingerprint density at radius 3 is 2.25 bits per heavy atom. The number of anilines is 4. The fourth-order valence-corrected chi connectivity index (χ4v) is 2.43. The minimum absolute atomic E-state index is 0.270. The molecule has 0 bridgehead atoms. The van der Waals surface area contributed by atoms with Crippen LogP contribution in [0.2, 0.25) is 5.02 Å². The summed E-state index contributed by atoms with van der Waals surface area (Å²) in [5, 5.41) is 6.69. The number of benzene rings is 2. The van der Waals surface area contributed by atoms with Crippen molar-refractivity contribution in [2.45, 2.75) is 12.9 Å². The second-order valence-corrected chi connectivity index (χ2v) is 6.10. The predicted molar refractivity (Wildman–Crippen MR) is 102 cm³/mol. The SMILES string of the molecule is Nc1c(NCc2ccc(Cl)cc2)ncnc1Nc1ccc(OC(F)(F)F)cc1. The summed E-state index contributed by atoms with van der Waals surface area (Å²) in [7, 11) is 0. The molecule has 3 rings (SSSR count). The van der Waals surface area contributed by atoms with E-state index in [4.69, 9.17) is 17.3 Å². The molecule has 0 atom stereocenters. The lowest BCUT2D eigenvalue weighted by atomic mass is 10.2. The summed E-state index contributed by atoms with van der Waals surface area (Å²) in [5.74, 6) is 0.418. The normalized spacial score (nSPS) is 11.1. The lowest BCUT2D eigenvalue weighted by Gasteiger charge is -2.13. The number of aromatic nitrogens is 2. The van der Waals surface area contributed by atoms with Crippen LogP contribution in [-0.4, -0.2) is 16.3 Å². The Hall–Kier alpha value is -3.20. The third kappa shape index (κ3) is 5.40. The monoisotopic (exact) mass is 409 g/mol. The summed E-state index contributed by atoms with van der Waals surface area (Å²) < 4.78 is 40.5. The molecule has 0 aliphatic carbocycles. The molecule has 0 aliphatic rings. The van der Waals surface area contributed by atoms with E-state index in [1.54, 1.807) is 12.1 Å². The zero-order valence-electron chi connectivity index (χ0n) is 14.3. The molecule has 0 amide bonds.